The Hall–Kier alpha value is -0.830. The predicted molar refractivity (Wildman–Crippen MR) is 131 cm³/mol. The van der Waals surface area contributed by atoms with E-state index in [9.17, 15) is 35.4 Å². The van der Waals surface area contributed by atoms with E-state index < -0.39 is 51.9 Å². The third kappa shape index (κ3) is 3.88. The molecule has 200 valence electrons. The highest BCUT2D eigenvalue weighted by Crippen LogP contribution is 2.68. The van der Waals surface area contributed by atoms with Crippen molar-refractivity contribution in [3.05, 3.63) is 11.6 Å². The quantitative estimate of drug-likeness (QED) is 0.344. The van der Waals surface area contributed by atoms with Crippen LogP contribution in [0.15, 0.2) is 11.6 Å². The summed E-state index contributed by atoms with van der Waals surface area (Å²) in [7, 11) is 0. The standard InChI is InChI=1S/C28H46O7/c1-15(24(2,3)33)11-23(32)27(6,34)22-8-10-28(35)17-12-19(29)18-13-20(30)21(31)14-25(18,4)16(17)7-9-26(22,28)5/h12,15-16,18,20-23,30-35H,7-11,13-14H2,1-6H3/t15-,16+,18+,20-,21+,22+,23-,25-,26-,27+,28-/m1/s1. The van der Waals surface area contributed by atoms with Crippen molar-refractivity contribution in [1.29, 1.82) is 0 Å². The number of allylic oxidation sites excluding steroid dienone is 1. The van der Waals surface area contributed by atoms with Crippen molar-refractivity contribution in [2.75, 3.05) is 0 Å². The molecule has 0 unspecified atom stereocenters. The lowest BCUT2D eigenvalue weighted by molar-refractivity contribution is -0.179. The van der Waals surface area contributed by atoms with Gasteiger partial charge in [-0.3, -0.25) is 4.79 Å². The van der Waals surface area contributed by atoms with Crippen LogP contribution >= 0.6 is 0 Å². The normalized spacial score (nSPS) is 47.1. The fraction of sp³-hybridized carbons (Fsp3) is 0.893. The van der Waals surface area contributed by atoms with Crippen LogP contribution in [0.1, 0.15) is 86.5 Å². The Kier molecular flexibility index (Phi) is 6.48. The SMILES string of the molecule is C[C@H](C[C@@H](O)[C@@](C)(O)[C@H]1CC[C@@]2(O)C3=CC(=O)[C@@H]4C[C@@H](O)[C@@H](O)C[C@]4(C)[C@H]3CC[C@]12C)C(C)(C)O. The molecule has 0 radical (unpaired) electrons. The molecule has 7 heteroatoms. The van der Waals surface area contributed by atoms with Crippen molar-refractivity contribution < 1.29 is 35.4 Å². The zero-order chi connectivity index (χ0) is 26.4. The number of hydrogen-bond acceptors (Lipinski definition) is 7. The average molecular weight is 495 g/mol. The second kappa shape index (κ2) is 8.34. The molecule has 0 aromatic rings. The van der Waals surface area contributed by atoms with Crippen molar-refractivity contribution >= 4 is 5.78 Å². The van der Waals surface area contributed by atoms with Crippen molar-refractivity contribution in [2.45, 2.75) is 122 Å². The fourth-order valence-corrected chi connectivity index (χ4v) is 8.40. The number of aliphatic hydroxyl groups is 6. The molecule has 0 aromatic heterocycles. The summed E-state index contributed by atoms with van der Waals surface area (Å²) in [5.41, 5.74) is -4.35. The lowest BCUT2D eigenvalue weighted by Crippen LogP contribution is -2.63. The topological polar surface area (TPSA) is 138 Å². The summed E-state index contributed by atoms with van der Waals surface area (Å²) >= 11 is 0. The molecular weight excluding hydrogens is 448 g/mol. The Morgan fingerprint density at radius 1 is 1.06 bits per heavy atom. The maximum atomic E-state index is 13.3. The van der Waals surface area contributed by atoms with Gasteiger partial charge in [-0.2, -0.15) is 0 Å². The van der Waals surface area contributed by atoms with Crippen molar-refractivity contribution in [3.8, 4) is 0 Å². The number of ketones is 1. The predicted octanol–water partition coefficient (Wildman–Crippen LogP) is 2.10. The molecule has 0 aromatic carbocycles. The van der Waals surface area contributed by atoms with Gasteiger partial charge in [0, 0.05) is 11.3 Å². The Balaban J connectivity index is 1.67. The lowest BCUT2D eigenvalue weighted by Gasteiger charge is -2.60. The summed E-state index contributed by atoms with van der Waals surface area (Å²) in [6.45, 7) is 10.9. The zero-order valence-corrected chi connectivity index (χ0v) is 22.2. The van der Waals surface area contributed by atoms with Crippen LogP contribution in [-0.2, 0) is 4.79 Å². The van der Waals surface area contributed by atoms with Crippen LogP contribution in [0.2, 0.25) is 0 Å². The van der Waals surface area contributed by atoms with E-state index >= 15 is 0 Å². The smallest absolute Gasteiger partial charge is 0.159 e. The number of hydrogen-bond donors (Lipinski definition) is 6. The first-order valence-corrected chi connectivity index (χ1v) is 13.4. The number of aliphatic hydroxyl groups excluding tert-OH is 3. The van der Waals surface area contributed by atoms with Gasteiger partial charge in [-0.15, -0.1) is 0 Å². The van der Waals surface area contributed by atoms with Crippen molar-refractivity contribution in [1.82, 2.24) is 0 Å². The van der Waals surface area contributed by atoms with E-state index in [4.69, 9.17) is 0 Å². The second-order valence-electron chi connectivity index (χ2n) is 13.6. The zero-order valence-electron chi connectivity index (χ0n) is 22.2. The van der Waals surface area contributed by atoms with E-state index in [2.05, 4.69) is 0 Å². The summed E-state index contributed by atoms with van der Waals surface area (Å²) in [5.74, 6) is -1.21. The van der Waals surface area contributed by atoms with E-state index in [1.54, 1.807) is 26.8 Å². The number of rotatable bonds is 5. The van der Waals surface area contributed by atoms with Gasteiger partial charge in [0.1, 0.15) is 0 Å². The highest BCUT2D eigenvalue weighted by molar-refractivity contribution is 5.95. The molecule has 0 bridgehead atoms. The highest BCUT2D eigenvalue weighted by Gasteiger charge is 2.69. The van der Waals surface area contributed by atoms with Crippen LogP contribution in [0.25, 0.3) is 0 Å². The molecule has 0 aliphatic heterocycles. The minimum Gasteiger partial charge on any atom is -0.390 e. The van der Waals surface area contributed by atoms with Crippen LogP contribution in [0.4, 0.5) is 0 Å². The Bertz CT molecular complexity index is 890. The largest absolute Gasteiger partial charge is 0.390 e. The molecule has 35 heavy (non-hydrogen) atoms. The van der Waals surface area contributed by atoms with Crippen molar-refractivity contribution in [2.24, 2.45) is 34.5 Å². The van der Waals surface area contributed by atoms with Crippen LogP contribution in [0.5, 0.6) is 0 Å². The third-order valence-corrected chi connectivity index (χ3v) is 11.3. The van der Waals surface area contributed by atoms with E-state index in [0.29, 0.717) is 37.7 Å². The van der Waals surface area contributed by atoms with Gasteiger partial charge in [0.2, 0.25) is 0 Å². The molecule has 0 heterocycles. The average Bonchev–Trinajstić information content (AvgIpc) is 3.01. The number of fused-ring (bicyclic) bond motifs is 5. The van der Waals surface area contributed by atoms with E-state index in [1.807, 2.05) is 20.8 Å². The Labute approximate surface area is 209 Å². The molecule has 4 aliphatic carbocycles. The molecule has 3 saturated carbocycles. The molecule has 11 atom stereocenters. The van der Waals surface area contributed by atoms with Gasteiger partial charge in [-0.1, -0.05) is 20.8 Å². The van der Waals surface area contributed by atoms with E-state index in [1.165, 1.54) is 0 Å². The maximum absolute atomic E-state index is 13.3. The van der Waals surface area contributed by atoms with Crippen molar-refractivity contribution in [3.63, 3.8) is 0 Å². The fourth-order valence-electron chi connectivity index (χ4n) is 8.40. The highest BCUT2D eigenvalue weighted by atomic mass is 16.3. The molecular formula is C28H46O7. The Morgan fingerprint density at radius 3 is 2.29 bits per heavy atom. The van der Waals surface area contributed by atoms with Crippen LogP contribution in [0, 0.1) is 34.5 Å². The molecule has 0 saturated heterocycles. The summed E-state index contributed by atoms with van der Waals surface area (Å²) in [6.07, 6.45) is 1.71. The van der Waals surface area contributed by atoms with Crippen LogP contribution in [0.3, 0.4) is 0 Å². The van der Waals surface area contributed by atoms with Gasteiger partial charge in [0.15, 0.2) is 5.78 Å². The van der Waals surface area contributed by atoms with Gasteiger partial charge in [0.05, 0.1) is 35.1 Å². The first kappa shape index (κ1) is 27.2. The number of carbonyl (C=O) groups is 1. The molecule has 7 nitrogen and oxygen atoms in total. The van der Waals surface area contributed by atoms with Gasteiger partial charge < -0.3 is 30.6 Å². The van der Waals surface area contributed by atoms with Gasteiger partial charge in [0.25, 0.3) is 0 Å². The lowest BCUT2D eigenvalue weighted by atomic mass is 9.45. The van der Waals surface area contributed by atoms with Gasteiger partial charge >= 0.3 is 0 Å². The first-order valence-electron chi connectivity index (χ1n) is 13.4. The molecule has 0 amide bonds. The Morgan fingerprint density at radius 2 is 1.69 bits per heavy atom. The summed E-state index contributed by atoms with van der Waals surface area (Å²) in [6, 6.07) is 0. The molecule has 4 rings (SSSR count). The second-order valence-corrected chi connectivity index (χ2v) is 13.6. The molecule has 0 spiro atoms. The van der Waals surface area contributed by atoms with Crippen LogP contribution in [-0.4, -0.2) is 71.5 Å². The van der Waals surface area contributed by atoms with E-state index in [-0.39, 0.29) is 36.4 Å². The molecule has 4 aliphatic rings. The summed E-state index contributed by atoms with van der Waals surface area (Å²) in [4.78, 5) is 13.3. The number of carbonyl (C=O) groups excluding carboxylic acids is 1. The van der Waals surface area contributed by atoms with Gasteiger partial charge in [-0.25, -0.2) is 0 Å². The summed E-state index contributed by atoms with van der Waals surface area (Å²) in [5, 5.41) is 66.1. The minimum absolute atomic E-state index is 0.0887. The molecule has 3 fully saturated rings. The van der Waals surface area contributed by atoms with Crippen LogP contribution < -0.4 is 0 Å². The van der Waals surface area contributed by atoms with Gasteiger partial charge in [-0.05, 0) is 101 Å². The molecule has 6 N–H and O–H groups in total. The minimum atomic E-state index is -1.48. The summed E-state index contributed by atoms with van der Waals surface area (Å²) < 4.78 is 0. The monoisotopic (exact) mass is 494 g/mol. The maximum Gasteiger partial charge on any atom is 0.159 e. The first-order chi connectivity index (χ1) is 15.9. The third-order valence-electron chi connectivity index (χ3n) is 11.3. The van der Waals surface area contributed by atoms with E-state index in [0.717, 1.165) is 0 Å².